The molecule has 0 bridgehead atoms. The Hall–Kier alpha value is -1.13. The number of ether oxygens (including phenoxy) is 1. The zero-order valence-corrected chi connectivity index (χ0v) is 11.6. The largest absolute Gasteiger partial charge is 0.481 e. The van der Waals surface area contributed by atoms with Crippen LogP contribution in [0, 0.1) is 0 Å². The quantitative estimate of drug-likeness (QED) is 0.847. The average Bonchev–Trinajstić information content (AvgIpc) is 3.17. The molecule has 1 aromatic rings. The van der Waals surface area contributed by atoms with Gasteiger partial charge in [0.05, 0.1) is 7.11 Å². The van der Waals surface area contributed by atoms with E-state index in [0.717, 1.165) is 25.0 Å². The van der Waals surface area contributed by atoms with Crippen LogP contribution < -0.4 is 10.1 Å². The molecule has 0 aromatic carbocycles. The van der Waals surface area contributed by atoms with E-state index in [1.54, 1.807) is 13.3 Å². The fourth-order valence-electron chi connectivity index (χ4n) is 2.87. The predicted octanol–water partition coefficient (Wildman–Crippen LogP) is 1.81. The molecule has 2 aliphatic rings. The van der Waals surface area contributed by atoms with Crippen LogP contribution in [0.25, 0.3) is 0 Å². The van der Waals surface area contributed by atoms with Crippen LogP contribution in [0.2, 0.25) is 0 Å². The summed E-state index contributed by atoms with van der Waals surface area (Å²) in [5.74, 6) is 0.767. The van der Waals surface area contributed by atoms with Crippen molar-refractivity contribution >= 4 is 0 Å². The van der Waals surface area contributed by atoms with E-state index in [2.05, 4.69) is 21.3 Å². The van der Waals surface area contributed by atoms with Gasteiger partial charge >= 0.3 is 0 Å². The van der Waals surface area contributed by atoms with E-state index < -0.39 is 0 Å². The minimum Gasteiger partial charge on any atom is -0.481 e. The Morgan fingerprint density at radius 1 is 1.42 bits per heavy atom. The van der Waals surface area contributed by atoms with Crippen molar-refractivity contribution in [3.8, 4) is 5.88 Å². The van der Waals surface area contributed by atoms with E-state index in [-0.39, 0.29) is 0 Å². The first kappa shape index (κ1) is 12.9. The van der Waals surface area contributed by atoms with Crippen molar-refractivity contribution in [1.82, 2.24) is 15.2 Å². The zero-order chi connectivity index (χ0) is 13.1. The van der Waals surface area contributed by atoms with Gasteiger partial charge in [-0.25, -0.2) is 4.98 Å². The van der Waals surface area contributed by atoms with Gasteiger partial charge in [0.15, 0.2) is 0 Å². The minimum atomic E-state index is 0.672. The second-order valence-corrected chi connectivity index (χ2v) is 5.62. The third-order valence-electron chi connectivity index (χ3n) is 4.14. The number of hydrogen-bond donors (Lipinski definition) is 1. The number of aromatic nitrogens is 1. The molecule has 4 heteroatoms. The van der Waals surface area contributed by atoms with Gasteiger partial charge in [0.1, 0.15) is 0 Å². The molecule has 1 aliphatic carbocycles. The van der Waals surface area contributed by atoms with Crippen molar-refractivity contribution in [2.75, 3.05) is 20.2 Å². The lowest BCUT2D eigenvalue weighted by molar-refractivity contribution is 0.234. The molecule has 1 saturated carbocycles. The Morgan fingerprint density at radius 3 is 3.11 bits per heavy atom. The first-order chi connectivity index (χ1) is 9.36. The lowest BCUT2D eigenvalue weighted by Gasteiger charge is -2.25. The third kappa shape index (κ3) is 3.25. The lowest BCUT2D eigenvalue weighted by atomic mass is 10.2. The van der Waals surface area contributed by atoms with Gasteiger partial charge in [0.25, 0.3) is 0 Å². The van der Waals surface area contributed by atoms with Crippen LogP contribution in [0.4, 0.5) is 0 Å². The Kier molecular flexibility index (Phi) is 3.99. The molecule has 1 unspecified atom stereocenters. The standard InChI is InChI=1S/C15H23N3O/c1-19-15-12(4-2-8-16-15)11-18-9-3-5-14(18)10-17-13-6-7-13/h2,4,8,13-14,17H,3,5-7,9-11H2,1H3. The van der Waals surface area contributed by atoms with E-state index in [9.17, 15) is 0 Å². The van der Waals surface area contributed by atoms with Crippen LogP contribution in [-0.2, 0) is 6.54 Å². The van der Waals surface area contributed by atoms with Gasteiger partial charge in [0, 0.05) is 36.9 Å². The molecule has 0 spiro atoms. The van der Waals surface area contributed by atoms with E-state index in [1.165, 1.54) is 37.8 Å². The van der Waals surface area contributed by atoms with Crippen LogP contribution in [0.3, 0.4) is 0 Å². The molecule has 1 atom stereocenters. The second kappa shape index (κ2) is 5.88. The van der Waals surface area contributed by atoms with Crippen molar-refractivity contribution in [3.63, 3.8) is 0 Å². The molecule has 4 nitrogen and oxygen atoms in total. The minimum absolute atomic E-state index is 0.672. The number of methoxy groups -OCH3 is 1. The van der Waals surface area contributed by atoms with Gasteiger partial charge in [-0.05, 0) is 38.3 Å². The SMILES string of the molecule is COc1ncccc1CN1CCCC1CNC1CC1. The molecule has 3 rings (SSSR count). The van der Waals surface area contributed by atoms with Crippen LogP contribution in [0.1, 0.15) is 31.2 Å². The maximum absolute atomic E-state index is 5.35. The highest BCUT2D eigenvalue weighted by atomic mass is 16.5. The van der Waals surface area contributed by atoms with E-state index in [0.29, 0.717) is 6.04 Å². The molecular formula is C15H23N3O. The van der Waals surface area contributed by atoms with Crippen molar-refractivity contribution in [2.45, 2.75) is 44.3 Å². The van der Waals surface area contributed by atoms with Crippen molar-refractivity contribution in [3.05, 3.63) is 23.9 Å². The van der Waals surface area contributed by atoms with E-state index in [4.69, 9.17) is 4.74 Å². The second-order valence-electron chi connectivity index (χ2n) is 5.62. The molecule has 1 saturated heterocycles. The molecule has 1 aromatic heterocycles. The van der Waals surface area contributed by atoms with Crippen LogP contribution in [0.5, 0.6) is 5.88 Å². The van der Waals surface area contributed by atoms with Crippen molar-refractivity contribution in [1.29, 1.82) is 0 Å². The number of rotatable bonds is 6. The van der Waals surface area contributed by atoms with Gasteiger partial charge in [-0.15, -0.1) is 0 Å². The summed E-state index contributed by atoms with van der Waals surface area (Å²) < 4.78 is 5.35. The molecule has 19 heavy (non-hydrogen) atoms. The molecule has 0 radical (unpaired) electrons. The predicted molar refractivity (Wildman–Crippen MR) is 75.2 cm³/mol. The highest BCUT2D eigenvalue weighted by Gasteiger charge is 2.28. The summed E-state index contributed by atoms with van der Waals surface area (Å²) in [6.07, 6.45) is 7.13. The molecule has 104 valence electrons. The summed E-state index contributed by atoms with van der Waals surface area (Å²) in [5.41, 5.74) is 1.20. The zero-order valence-electron chi connectivity index (χ0n) is 11.6. The Morgan fingerprint density at radius 2 is 2.32 bits per heavy atom. The van der Waals surface area contributed by atoms with Gasteiger partial charge in [-0.1, -0.05) is 6.07 Å². The summed E-state index contributed by atoms with van der Waals surface area (Å²) in [6.45, 7) is 3.27. The Balaban J connectivity index is 1.60. The number of nitrogens with one attached hydrogen (secondary N) is 1. The van der Waals surface area contributed by atoms with Crippen LogP contribution in [-0.4, -0.2) is 42.2 Å². The first-order valence-electron chi connectivity index (χ1n) is 7.32. The molecule has 2 heterocycles. The number of nitrogens with zero attached hydrogens (tertiary/aromatic N) is 2. The molecule has 1 aliphatic heterocycles. The van der Waals surface area contributed by atoms with Crippen LogP contribution in [0.15, 0.2) is 18.3 Å². The Labute approximate surface area is 115 Å². The molecule has 0 amide bonds. The van der Waals surface area contributed by atoms with E-state index in [1.807, 2.05) is 6.07 Å². The summed E-state index contributed by atoms with van der Waals surface area (Å²) >= 11 is 0. The fraction of sp³-hybridized carbons (Fsp3) is 0.667. The topological polar surface area (TPSA) is 37.4 Å². The Bertz CT molecular complexity index is 420. The molecule has 2 fully saturated rings. The monoisotopic (exact) mass is 261 g/mol. The maximum Gasteiger partial charge on any atom is 0.217 e. The molecular weight excluding hydrogens is 238 g/mol. The fourth-order valence-corrected chi connectivity index (χ4v) is 2.87. The number of hydrogen-bond acceptors (Lipinski definition) is 4. The maximum atomic E-state index is 5.35. The third-order valence-corrected chi connectivity index (χ3v) is 4.14. The normalized spacial score (nSPS) is 23.7. The lowest BCUT2D eigenvalue weighted by Crippen LogP contribution is -2.38. The summed E-state index contributed by atoms with van der Waals surface area (Å²) in [6, 6.07) is 5.59. The summed E-state index contributed by atoms with van der Waals surface area (Å²) in [5, 5.41) is 3.65. The van der Waals surface area contributed by atoms with Gasteiger partial charge < -0.3 is 10.1 Å². The highest BCUT2D eigenvalue weighted by Crippen LogP contribution is 2.24. The number of likely N-dealkylation sites (tertiary alicyclic amines) is 1. The number of pyridine rings is 1. The molecule has 1 N–H and O–H groups in total. The van der Waals surface area contributed by atoms with Crippen molar-refractivity contribution < 1.29 is 4.74 Å². The van der Waals surface area contributed by atoms with Gasteiger partial charge in [0.2, 0.25) is 5.88 Å². The van der Waals surface area contributed by atoms with Gasteiger partial charge in [-0.2, -0.15) is 0 Å². The van der Waals surface area contributed by atoms with Gasteiger partial charge in [-0.3, -0.25) is 4.90 Å². The smallest absolute Gasteiger partial charge is 0.217 e. The first-order valence-corrected chi connectivity index (χ1v) is 7.32. The summed E-state index contributed by atoms with van der Waals surface area (Å²) in [4.78, 5) is 6.85. The highest BCUT2D eigenvalue weighted by molar-refractivity contribution is 5.25. The summed E-state index contributed by atoms with van der Waals surface area (Å²) in [7, 11) is 1.70. The average molecular weight is 261 g/mol. The van der Waals surface area contributed by atoms with Crippen LogP contribution >= 0.6 is 0 Å². The van der Waals surface area contributed by atoms with E-state index >= 15 is 0 Å². The van der Waals surface area contributed by atoms with Crippen molar-refractivity contribution in [2.24, 2.45) is 0 Å².